The number of anilines is 1. The lowest BCUT2D eigenvalue weighted by Gasteiger charge is -2.33. The monoisotopic (exact) mass is 309 g/mol. The normalized spacial score (nSPS) is 21.7. The van der Waals surface area contributed by atoms with Crippen molar-refractivity contribution in [1.29, 1.82) is 0 Å². The van der Waals surface area contributed by atoms with E-state index in [1.165, 1.54) is 13.2 Å². The minimum atomic E-state index is -0.627. The molecule has 0 aliphatic heterocycles. The van der Waals surface area contributed by atoms with E-state index < -0.39 is 11.7 Å². The molecule has 1 saturated carbocycles. The Kier molecular flexibility index (Phi) is 5.24. The lowest BCUT2D eigenvalue weighted by molar-refractivity contribution is 0.0912. The minimum Gasteiger partial charge on any atom is -0.495 e. The van der Waals surface area contributed by atoms with Crippen molar-refractivity contribution in [3.05, 3.63) is 23.5 Å². The molecule has 0 radical (unpaired) electrons. The maximum Gasteiger partial charge on any atom is 0.254 e. The SMILES string of the molecule is COc1cc(C(=O)NC2CCC(N(C)C)CC2)c(F)cc1N. The van der Waals surface area contributed by atoms with Crippen LogP contribution in [-0.4, -0.2) is 44.1 Å². The molecule has 2 rings (SSSR count). The number of nitrogens with two attached hydrogens (primary N) is 1. The zero-order valence-electron chi connectivity index (χ0n) is 13.4. The fourth-order valence-electron chi connectivity index (χ4n) is 2.92. The number of rotatable bonds is 4. The molecule has 0 heterocycles. The zero-order valence-corrected chi connectivity index (χ0v) is 13.4. The summed E-state index contributed by atoms with van der Waals surface area (Å²) in [6.45, 7) is 0. The van der Waals surface area contributed by atoms with E-state index in [0.29, 0.717) is 11.8 Å². The Hall–Kier alpha value is -1.82. The highest BCUT2D eigenvalue weighted by Gasteiger charge is 2.25. The topological polar surface area (TPSA) is 67.6 Å². The van der Waals surface area contributed by atoms with Crippen molar-refractivity contribution in [2.45, 2.75) is 37.8 Å². The molecule has 0 unspecified atom stereocenters. The molecule has 1 fully saturated rings. The quantitative estimate of drug-likeness (QED) is 0.835. The molecule has 0 saturated heterocycles. The van der Waals surface area contributed by atoms with Gasteiger partial charge in [0.2, 0.25) is 0 Å². The van der Waals surface area contributed by atoms with Crippen LogP contribution in [0, 0.1) is 5.82 Å². The van der Waals surface area contributed by atoms with Gasteiger partial charge in [-0.25, -0.2) is 4.39 Å². The Morgan fingerprint density at radius 1 is 1.32 bits per heavy atom. The third kappa shape index (κ3) is 3.68. The first-order chi connectivity index (χ1) is 10.4. The zero-order chi connectivity index (χ0) is 16.3. The van der Waals surface area contributed by atoms with E-state index in [4.69, 9.17) is 10.5 Å². The number of carbonyl (C=O) groups excluding carboxylic acids is 1. The summed E-state index contributed by atoms with van der Waals surface area (Å²) in [7, 11) is 5.58. The number of amides is 1. The maximum atomic E-state index is 13.9. The van der Waals surface area contributed by atoms with Gasteiger partial charge in [-0.05, 0) is 45.8 Å². The molecule has 3 N–H and O–H groups in total. The standard InChI is InChI=1S/C16H24FN3O2/c1-20(2)11-6-4-10(5-7-11)19-16(21)12-8-15(22-3)14(18)9-13(12)17/h8-11H,4-7,18H2,1-3H3,(H,19,21). The lowest BCUT2D eigenvalue weighted by atomic mass is 9.90. The Morgan fingerprint density at radius 3 is 2.50 bits per heavy atom. The second-order valence-electron chi connectivity index (χ2n) is 6.02. The van der Waals surface area contributed by atoms with Crippen molar-refractivity contribution in [2.24, 2.45) is 0 Å². The first kappa shape index (κ1) is 16.5. The van der Waals surface area contributed by atoms with Crippen molar-refractivity contribution in [3.63, 3.8) is 0 Å². The number of nitrogen functional groups attached to an aromatic ring is 1. The molecular weight excluding hydrogens is 285 g/mol. The molecule has 5 nitrogen and oxygen atoms in total. The van der Waals surface area contributed by atoms with Crippen molar-refractivity contribution >= 4 is 11.6 Å². The summed E-state index contributed by atoms with van der Waals surface area (Å²) in [6.07, 6.45) is 3.88. The van der Waals surface area contributed by atoms with Gasteiger partial charge in [0.15, 0.2) is 0 Å². The van der Waals surface area contributed by atoms with Crippen LogP contribution >= 0.6 is 0 Å². The summed E-state index contributed by atoms with van der Waals surface area (Å²) in [5.74, 6) is -0.732. The molecule has 0 bridgehead atoms. The fourth-order valence-corrected chi connectivity index (χ4v) is 2.92. The van der Waals surface area contributed by atoms with Gasteiger partial charge in [0, 0.05) is 18.2 Å². The third-order valence-corrected chi connectivity index (χ3v) is 4.33. The highest BCUT2D eigenvalue weighted by atomic mass is 19.1. The first-order valence-corrected chi connectivity index (χ1v) is 7.52. The smallest absolute Gasteiger partial charge is 0.254 e. The lowest BCUT2D eigenvalue weighted by Crippen LogP contribution is -2.42. The molecule has 22 heavy (non-hydrogen) atoms. The van der Waals surface area contributed by atoms with E-state index in [1.54, 1.807) is 0 Å². The van der Waals surface area contributed by atoms with Gasteiger partial charge >= 0.3 is 0 Å². The second-order valence-corrected chi connectivity index (χ2v) is 6.02. The summed E-state index contributed by atoms with van der Waals surface area (Å²) >= 11 is 0. The van der Waals surface area contributed by atoms with Crippen molar-refractivity contribution in [2.75, 3.05) is 26.9 Å². The van der Waals surface area contributed by atoms with Gasteiger partial charge in [0.25, 0.3) is 5.91 Å². The molecule has 0 aromatic heterocycles. The van der Waals surface area contributed by atoms with Gasteiger partial charge in [-0.2, -0.15) is 0 Å². The number of methoxy groups -OCH3 is 1. The summed E-state index contributed by atoms with van der Waals surface area (Å²) < 4.78 is 19.0. The molecule has 0 atom stereocenters. The predicted molar refractivity (Wildman–Crippen MR) is 84.6 cm³/mol. The number of benzene rings is 1. The van der Waals surface area contributed by atoms with E-state index in [-0.39, 0.29) is 17.3 Å². The average Bonchev–Trinajstić information content (AvgIpc) is 2.47. The largest absolute Gasteiger partial charge is 0.495 e. The van der Waals surface area contributed by atoms with Gasteiger partial charge in [0.05, 0.1) is 18.4 Å². The van der Waals surface area contributed by atoms with Crippen LogP contribution in [0.15, 0.2) is 12.1 Å². The van der Waals surface area contributed by atoms with Crippen LogP contribution in [0.5, 0.6) is 5.75 Å². The van der Waals surface area contributed by atoms with Gasteiger partial charge in [-0.1, -0.05) is 0 Å². The number of hydrogen-bond donors (Lipinski definition) is 2. The van der Waals surface area contributed by atoms with E-state index in [1.807, 2.05) is 0 Å². The predicted octanol–water partition coefficient (Wildman–Crippen LogP) is 2.02. The number of hydrogen-bond acceptors (Lipinski definition) is 4. The molecule has 1 amide bonds. The first-order valence-electron chi connectivity index (χ1n) is 7.52. The molecule has 1 aliphatic carbocycles. The molecule has 1 aromatic carbocycles. The molecule has 0 spiro atoms. The summed E-state index contributed by atoms with van der Waals surface area (Å²) in [5, 5.41) is 2.91. The molecule has 1 aromatic rings. The number of ether oxygens (including phenoxy) is 1. The number of nitrogens with one attached hydrogen (secondary N) is 1. The van der Waals surface area contributed by atoms with Crippen LogP contribution in [0.2, 0.25) is 0 Å². The molecule has 6 heteroatoms. The van der Waals surface area contributed by atoms with Crippen LogP contribution in [0.1, 0.15) is 36.0 Å². The van der Waals surface area contributed by atoms with E-state index in [2.05, 4.69) is 24.3 Å². The Balaban J connectivity index is 2.01. The fraction of sp³-hybridized carbons (Fsp3) is 0.562. The third-order valence-electron chi connectivity index (χ3n) is 4.33. The van der Waals surface area contributed by atoms with Crippen LogP contribution in [0.4, 0.5) is 10.1 Å². The number of nitrogens with zero attached hydrogens (tertiary/aromatic N) is 1. The van der Waals surface area contributed by atoms with Crippen molar-refractivity contribution < 1.29 is 13.9 Å². The number of carbonyl (C=O) groups is 1. The van der Waals surface area contributed by atoms with Gasteiger partial charge < -0.3 is 20.7 Å². The Labute approximate surface area is 130 Å². The van der Waals surface area contributed by atoms with E-state index in [9.17, 15) is 9.18 Å². The van der Waals surface area contributed by atoms with Gasteiger partial charge in [-0.15, -0.1) is 0 Å². The van der Waals surface area contributed by atoms with Gasteiger partial charge in [0.1, 0.15) is 11.6 Å². The summed E-state index contributed by atoms with van der Waals surface area (Å²) in [5.41, 5.74) is 5.78. The van der Waals surface area contributed by atoms with E-state index >= 15 is 0 Å². The van der Waals surface area contributed by atoms with Crippen molar-refractivity contribution in [3.8, 4) is 5.75 Å². The van der Waals surface area contributed by atoms with Crippen molar-refractivity contribution in [1.82, 2.24) is 10.2 Å². The molecular formula is C16H24FN3O2. The maximum absolute atomic E-state index is 13.9. The number of halogens is 1. The van der Waals surface area contributed by atoms with Crippen LogP contribution in [0.3, 0.4) is 0 Å². The summed E-state index contributed by atoms with van der Waals surface area (Å²) in [6, 6.07) is 3.12. The second kappa shape index (κ2) is 6.96. The minimum absolute atomic E-state index is 0.0271. The van der Waals surface area contributed by atoms with Gasteiger partial charge in [-0.3, -0.25) is 4.79 Å². The average molecular weight is 309 g/mol. The van der Waals surface area contributed by atoms with Crippen LogP contribution in [0.25, 0.3) is 0 Å². The molecule has 1 aliphatic rings. The Bertz CT molecular complexity index is 540. The summed E-state index contributed by atoms with van der Waals surface area (Å²) in [4.78, 5) is 14.5. The highest BCUT2D eigenvalue weighted by Crippen LogP contribution is 2.26. The van der Waals surface area contributed by atoms with E-state index in [0.717, 1.165) is 31.7 Å². The highest BCUT2D eigenvalue weighted by molar-refractivity contribution is 5.95. The van der Waals surface area contributed by atoms with Crippen LogP contribution in [-0.2, 0) is 0 Å². The van der Waals surface area contributed by atoms with Crippen LogP contribution < -0.4 is 15.8 Å². The Morgan fingerprint density at radius 2 is 1.95 bits per heavy atom. The molecule has 122 valence electrons.